The molecule has 136 valence electrons. The third-order valence-electron chi connectivity index (χ3n) is 4.83. The lowest BCUT2D eigenvalue weighted by atomic mass is 9.93. The van der Waals surface area contributed by atoms with Crippen molar-refractivity contribution in [1.29, 1.82) is 0 Å². The summed E-state index contributed by atoms with van der Waals surface area (Å²) in [4.78, 5) is 26.0. The molecule has 0 fully saturated rings. The van der Waals surface area contributed by atoms with Crippen molar-refractivity contribution in [2.45, 2.75) is 31.8 Å². The summed E-state index contributed by atoms with van der Waals surface area (Å²) in [6.07, 6.45) is 2.38. The van der Waals surface area contributed by atoms with Gasteiger partial charge in [0.25, 0.3) is 0 Å². The zero-order chi connectivity index (χ0) is 18.4. The van der Waals surface area contributed by atoms with Gasteiger partial charge >= 0.3 is 0 Å². The molecule has 0 aromatic heterocycles. The number of carbonyl (C=O) groups excluding carboxylic acids is 2. The van der Waals surface area contributed by atoms with Gasteiger partial charge in [0.05, 0.1) is 12.6 Å². The van der Waals surface area contributed by atoms with Crippen molar-refractivity contribution in [3.05, 3.63) is 71.3 Å². The van der Waals surface area contributed by atoms with Crippen molar-refractivity contribution < 1.29 is 9.59 Å². The van der Waals surface area contributed by atoms with Crippen LogP contribution in [0.1, 0.15) is 23.1 Å². The van der Waals surface area contributed by atoms with Gasteiger partial charge in [-0.15, -0.1) is 0 Å². The lowest BCUT2D eigenvalue weighted by molar-refractivity contribution is -0.127. The van der Waals surface area contributed by atoms with Crippen LogP contribution in [0, 0.1) is 0 Å². The number of amides is 2. The molecule has 0 radical (unpaired) electrons. The van der Waals surface area contributed by atoms with Crippen LogP contribution in [-0.2, 0) is 29.0 Å². The van der Waals surface area contributed by atoms with Gasteiger partial charge in [-0.1, -0.05) is 54.6 Å². The van der Waals surface area contributed by atoms with Crippen molar-refractivity contribution in [3.8, 4) is 0 Å². The van der Waals surface area contributed by atoms with Gasteiger partial charge in [0, 0.05) is 13.1 Å². The molecule has 0 bridgehead atoms. The topological polar surface area (TPSA) is 75.4 Å². The maximum Gasteiger partial charge on any atom is 0.235 e. The predicted molar refractivity (Wildman–Crippen MR) is 101 cm³/mol. The summed E-state index contributed by atoms with van der Waals surface area (Å²) in [6.45, 7) is 1.38. The van der Waals surface area contributed by atoms with Gasteiger partial charge in [-0.25, -0.2) is 0 Å². The molecule has 0 saturated heterocycles. The Morgan fingerprint density at radius 2 is 1.73 bits per heavy atom. The van der Waals surface area contributed by atoms with E-state index in [2.05, 4.69) is 17.4 Å². The fraction of sp³-hybridized carbons (Fsp3) is 0.333. The Morgan fingerprint density at radius 3 is 2.46 bits per heavy atom. The smallest absolute Gasteiger partial charge is 0.235 e. The second-order valence-corrected chi connectivity index (χ2v) is 6.74. The molecule has 1 heterocycles. The van der Waals surface area contributed by atoms with Crippen LogP contribution in [0.25, 0.3) is 0 Å². The van der Waals surface area contributed by atoms with E-state index in [1.165, 1.54) is 5.56 Å². The first kappa shape index (κ1) is 18.1. The van der Waals surface area contributed by atoms with Crippen molar-refractivity contribution in [2.24, 2.45) is 5.73 Å². The quantitative estimate of drug-likeness (QED) is 0.745. The molecule has 2 amide bonds. The summed E-state index contributed by atoms with van der Waals surface area (Å²) >= 11 is 0. The molecule has 26 heavy (non-hydrogen) atoms. The number of primary amides is 1. The van der Waals surface area contributed by atoms with Gasteiger partial charge in [0.15, 0.2) is 0 Å². The van der Waals surface area contributed by atoms with E-state index in [-0.39, 0.29) is 18.4 Å². The molecule has 5 heteroatoms. The third kappa shape index (κ3) is 4.70. The maximum absolute atomic E-state index is 12.3. The highest BCUT2D eigenvalue weighted by Gasteiger charge is 2.30. The highest BCUT2D eigenvalue weighted by Crippen LogP contribution is 2.22. The SMILES string of the molecule is NC(=O)[C@@H]1Cc2ccccc2CN1CC(=O)NCCCc1ccccc1. The highest BCUT2D eigenvalue weighted by atomic mass is 16.2. The summed E-state index contributed by atoms with van der Waals surface area (Å²) in [5.74, 6) is -0.444. The summed E-state index contributed by atoms with van der Waals surface area (Å²) in [5, 5.41) is 2.95. The lowest BCUT2D eigenvalue weighted by Gasteiger charge is -2.34. The van der Waals surface area contributed by atoms with Crippen LogP contribution in [0.4, 0.5) is 0 Å². The van der Waals surface area contributed by atoms with Crippen LogP contribution in [-0.4, -0.2) is 35.8 Å². The standard InChI is InChI=1S/C21H25N3O2/c22-21(26)19-13-17-10-4-5-11-18(17)14-24(19)15-20(25)23-12-6-9-16-7-2-1-3-8-16/h1-5,7-8,10-11,19H,6,9,12-15H2,(H2,22,26)(H,23,25)/t19-/m0/s1. The highest BCUT2D eigenvalue weighted by molar-refractivity contribution is 5.83. The van der Waals surface area contributed by atoms with E-state index >= 15 is 0 Å². The number of nitrogens with zero attached hydrogens (tertiary/aromatic N) is 1. The fourth-order valence-corrected chi connectivity index (χ4v) is 3.43. The van der Waals surface area contributed by atoms with E-state index in [1.54, 1.807) is 0 Å². The summed E-state index contributed by atoms with van der Waals surface area (Å²) in [5.41, 5.74) is 9.12. The number of aryl methyl sites for hydroxylation is 1. The van der Waals surface area contributed by atoms with Crippen LogP contribution in [0.15, 0.2) is 54.6 Å². The largest absolute Gasteiger partial charge is 0.368 e. The molecule has 2 aromatic rings. The molecule has 2 aromatic carbocycles. The minimum absolute atomic E-state index is 0.0660. The Morgan fingerprint density at radius 1 is 1.04 bits per heavy atom. The second-order valence-electron chi connectivity index (χ2n) is 6.74. The molecule has 5 nitrogen and oxygen atoms in total. The molecule has 0 spiro atoms. The van der Waals surface area contributed by atoms with Crippen LogP contribution < -0.4 is 11.1 Å². The molecule has 0 aliphatic carbocycles. The zero-order valence-electron chi connectivity index (χ0n) is 14.9. The number of carbonyl (C=O) groups is 2. The van der Waals surface area contributed by atoms with E-state index in [0.29, 0.717) is 19.5 Å². The number of hydrogen-bond acceptors (Lipinski definition) is 3. The Labute approximate surface area is 154 Å². The van der Waals surface area contributed by atoms with Gasteiger partial charge in [-0.05, 0) is 36.0 Å². The van der Waals surface area contributed by atoms with Crippen molar-refractivity contribution in [2.75, 3.05) is 13.1 Å². The number of nitrogens with two attached hydrogens (primary N) is 1. The van der Waals surface area contributed by atoms with Crippen LogP contribution in [0.5, 0.6) is 0 Å². The number of nitrogens with one attached hydrogen (secondary N) is 1. The van der Waals surface area contributed by atoms with Gasteiger partial charge in [-0.2, -0.15) is 0 Å². The van der Waals surface area contributed by atoms with Crippen LogP contribution in [0.2, 0.25) is 0 Å². The molecule has 0 saturated carbocycles. The molecule has 1 atom stereocenters. The molecule has 1 aliphatic rings. The molecule has 1 aliphatic heterocycles. The number of rotatable bonds is 7. The number of benzene rings is 2. The third-order valence-corrected chi connectivity index (χ3v) is 4.83. The zero-order valence-corrected chi connectivity index (χ0v) is 14.9. The van der Waals surface area contributed by atoms with E-state index in [1.807, 2.05) is 47.4 Å². The first-order valence-electron chi connectivity index (χ1n) is 9.04. The van der Waals surface area contributed by atoms with Gasteiger partial charge in [-0.3, -0.25) is 14.5 Å². The van der Waals surface area contributed by atoms with Gasteiger partial charge < -0.3 is 11.1 Å². The summed E-state index contributed by atoms with van der Waals surface area (Å²) in [6, 6.07) is 17.8. The van der Waals surface area contributed by atoms with E-state index in [9.17, 15) is 9.59 Å². The second kappa shape index (κ2) is 8.63. The van der Waals surface area contributed by atoms with Crippen LogP contribution >= 0.6 is 0 Å². The average Bonchev–Trinajstić information content (AvgIpc) is 2.65. The molecule has 3 N–H and O–H groups in total. The monoisotopic (exact) mass is 351 g/mol. The Hall–Kier alpha value is -2.66. The predicted octanol–water partition coefficient (Wildman–Crippen LogP) is 1.65. The van der Waals surface area contributed by atoms with E-state index in [0.717, 1.165) is 24.0 Å². The molecular weight excluding hydrogens is 326 g/mol. The van der Waals surface area contributed by atoms with E-state index < -0.39 is 6.04 Å². The van der Waals surface area contributed by atoms with Crippen molar-refractivity contribution in [1.82, 2.24) is 10.2 Å². The van der Waals surface area contributed by atoms with E-state index in [4.69, 9.17) is 5.73 Å². The Bertz CT molecular complexity index is 761. The number of hydrogen-bond donors (Lipinski definition) is 2. The first-order valence-corrected chi connectivity index (χ1v) is 9.04. The van der Waals surface area contributed by atoms with Gasteiger partial charge in [0.2, 0.25) is 11.8 Å². The minimum atomic E-state index is -0.431. The van der Waals surface area contributed by atoms with Gasteiger partial charge in [0.1, 0.15) is 0 Å². The molecule has 0 unspecified atom stereocenters. The van der Waals surface area contributed by atoms with Crippen molar-refractivity contribution >= 4 is 11.8 Å². The maximum atomic E-state index is 12.3. The normalized spacial score (nSPS) is 16.7. The average molecular weight is 351 g/mol. The lowest BCUT2D eigenvalue weighted by Crippen LogP contribution is -2.51. The van der Waals surface area contributed by atoms with Crippen molar-refractivity contribution in [3.63, 3.8) is 0 Å². The first-order chi connectivity index (χ1) is 12.6. The molecule has 3 rings (SSSR count). The fourth-order valence-electron chi connectivity index (χ4n) is 3.43. The molecular formula is C21H25N3O2. The Balaban J connectivity index is 1.50. The number of fused-ring (bicyclic) bond motifs is 1. The summed E-state index contributed by atoms with van der Waals surface area (Å²) < 4.78 is 0. The minimum Gasteiger partial charge on any atom is -0.368 e. The summed E-state index contributed by atoms with van der Waals surface area (Å²) in [7, 11) is 0. The van der Waals surface area contributed by atoms with Crippen LogP contribution in [0.3, 0.4) is 0 Å². The Kier molecular flexibility index (Phi) is 6.02.